The minimum absolute atomic E-state index is 0.0751. The van der Waals surface area contributed by atoms with E-state index in [1.54, 1.807) is 0 Å². The molecule has 0 aromatic rings. The highest BCUT2D eigenvalue weighted by atomic mass is 16.6. The first-order valence-electron chi connectivity index (χ1n) is 27.8. The Morgan fingerprint density at radius 1 is 0.375 bits per heavy atom. The van der Waals surface area contributed by atoms with E-state index in [4.69, 9.17) is 9.47 Å². The molecular weight excluding hydrogens is 789 g/mol. The molecule has 1 atom stereocenters. The predicted molar refractivity (Wildman–Crippen MR) is 279 cm³/mol. The zero-order valence-corrected chi connectivity index (χ0v) is 42.5. The summed E-state index contributed by atoms with van der Waals surface area (Å²) in [7, 11) is 0. The van der Waals surface area contributed by atoms with Crippen LogP contribution in [0.3, 0.4) is 0 Å². The summed E-state index contributed by atoms with van der Waals surface area (Å²) in [5.41, 5.74) is 0. The van der Waals surface area contributed by atoms with Gasteiger partial charge in [0.05, 0.1) is 6.61 Å². The van der Waals surface area contributed by atoms with E-state index in [9.17, 15) is 14.7 Å². The molecule has 372 valence electrons. The number of carbonyl (C=O) groups excluding carboxylic acids is 2. The SMILES string of the molecule is CC/C=C\C/C=C\C/C=C\C/C=C\CCCCCCC(=O)OC(CO)COC(=O)CCCCCCCCCCCCCCCCCCCCCCC/C=C\CCCCCCCCCC. The van der Waals surface area contributed by atoms with Gasteiger partial charge in [0.25, 0.3) is 0 Å². The quantitative estimate of drug-likeness (QED) is 0.0374. The molecule has 0 heterocycles. The molecule has 0 aliphatic carbocycles. The molecule has 0 aliphatic rings. The Labute approximate surface area is 398 Å². The summed E-state index contributed by atoms with van der Waals surface area (Å²) in [6, 6.07) is 0. The molecule has 0 aromatic carbocycles. The number of carbonyl (C=O) groups is 2. The molecule has 0 radical (unpaired) electrons. The van der Waals surface area contributed by atoms with Crippen molar-refractivity contribution in [2.45, 2.75) is 290 Å². The Hall–Kier alpha value is -2.40. The fourth-order valence-electron chi connectivity index (χ4n) is 8.13. The van der Waals surface area contributed by atoms with E-state index in [2.05, 4.69) is 74.6 Å². The molecule has 5 heteroatoms. The van der Waals surface area contributed by atoms with Crippen LogP contribution in [-0.2, 0) is 19.1 Å². The largest absolute Gasteiger partial charge is 0.462 e. The third-order valence-electron chi connectivity index (χ3n) is 12.3. The van der Waals surface area contributed by atoms with Crippen LogP contribution in [0.15, 0.2) is 60.8 Å². The summed E-state index contributed by atoms with van der Waals surface area (Å²) in [5.74, 6) is -0.610. The van der Waals surface area contributed by atoms with E-state index in [0.717, 1.165) is 77.0 Å². The van der Waals surface area contributed by atoms with Crippen molar-refractivity contribution in [3.8, 4) is 0 Å². The second-order valence-electron chi connectivity index (χ2n) is 18.6. The topological polar surface area (TPSA) is 72.8 Å². The first-order valence-corrected chi connectivity index (χ1v) is 27.8. The maximum absolute atomic E-state index is 12.2. The fraction of sp³-hybridized carbons (Fsp3) is 0.797. The molecule has 0 aromatic heterocycles. The molecule has 0 fully saturated rings. The van der Waals surface area contributed by atoms with Gasteiger partial charge in [-0.1, -0.05) is 254 Å². The Morgan fingerprint density at radius 2 is 0.672 bits per heavy atom. The number of esters is 2. The van der Waals surface area contributed by atoms with Crippen molar-refractivity contribution < 1.29 is 24.2 Å². The fourth-order valence-corrected chi connectivity index (χ4v) is 8.13. The lowest BCUT2D eigenvalue weighted by Gasteiger charge is -2.15. The Balaban J connectivity index is 3.43. The normalized spacial score (nSPS) is 12.6. The van der Waals surface area contributed by atoms with Gasteiger partial charge in [-0.25, -0.2) is 0 Å². The molecule has 0 spiro atoms. The summed E-state index contributed by atoms with van der Waals surface area (Å²) >= 11 is 0. The number of hydrogen-bond acceptors (Lipinski definition) is 5. The van der Waals surface area contributed by atoms with E-state index in [0.29, 0.717) is 12.8 Å². The third-order valence-corrected chi connectivity index (χ3v) is 12.3. The van der Waals surface area contributed by atoms with Crippen molar-refractivity contribution in [2.75, 3.05) is 13.2 Å². The second kappa shape index (κ2) is 54.9. The summed E-state index contributed by atoms with van der Waals surface area (Å²) in [6.45, 7) is 4.03. The van der Waals surface area contributed by atoms with Gasteiger partial charge < -0.3 is 14.6 Å². The van der Waals surface area contributed by atoms with Crippen LogP contribution in [-0.4, -0.2) is 36.4 Å². The lowest BCUT2D eigenvalue weighted by atomic mass is 10.0. The van der Waals surface area contributed by atoms with Gasteiger partial charge in [-0.2, -0.15) is 0 Å². The first-order chi connectivity index (χ1) is 31.6. The van der Waals surface area contributed by atoms with Crippen LogP contribution in [0.25, 0.3) is 0 Å². The molecule has 1 unspecified atom stereocenters. The molecule has 5 nitrogen and oxygen atoms in total. The zero-order chi connectivity index (χ0) is 46.3. The smallest absolute Gasteiger partial charge is 0.306 e. The average Bonchev–Trinajstić information content (AvgIpc) is 3.30. The maximum atomic E-state index is 12.2. The molecule has 1 N–H and O–H groups in total. The first kappa shape index (κ1) is 61.6. The number of ether oxygens (including phenoxy) is 2. The summed E-state index contributed by atoms with van der Waals surface area (Å²) in [4.78, 5) is 24.4. The van der Waals surface area contributed by atoms with Crippen molar-refractivity contribution in [3.05, 3.63) is 60.8 Å². The number of rotatable bonds is 51. The van der Waals surface area contributed by atoms with Gasteiger partial charge in [0.15, 0.2) is 6.10 Å². The minimum Gasteiger partial charge on any atom is -0.462 e. The highest BCUT2D eigenvalue weighted by Crippen LogP contribution is 2.17. The summed E-state index contributed by atoms with van der Waals surface area (Å²) in [5, 5.41) is 9.62. The number of aliphatic hydroxyl groups is 1. The Kier molecular flexibility index (Phi) is 52.9. The van der Waals surface area contributed by atoms with Crippen LogP contribution in [0.4, 0.5) is 0 Å². The average molecular weight is 895 g/mol. The van der Waals surface area contributed by atoms with Crippen molar-refractivity contribution in [3.63, 3.8) is 0 Å². The highest BCUT2D eigenvalue weighted by molar-refractivity contribution is 5.70. The summed E-state index contributed by atoms with van der Waals surface area (Å²) < 4.78 is 10.7. The number of unbranched alkanes of at least 4 members (excludes halogenated alkanes) is 33. The van der Waals surface area contributed by atoms with Crippen molar-refractivity contribution in [1.29, 1.82) is 0 Å². The van der Waals surface area contributed by atoms with Crippen LogP contribution < -0.4 is 0 Å². The molecule has 0 aliphatic heterocycles. The lowest BCUT2D eigenvalue weighted by Crippen LogP contribution is -2.28. The van der Waals surface area contributed by atoms with E-state index in [1.807, 2.05) is 0 Å². The standard InChI is InChI=1S/C59H106O5/c1-3-5-7-9-11-13-15-17-19-21-22-23-24-25-26-27-28-29-30-31-32-33-34-35-36-38-39-41-43-45-47-49-51-53-58(61)63-56-57(55-60)64-59(62)54-52-50-48-46-44-42-40-37-20-18-16-14-12-10-8-6-4-2/h6,8,12,14,18,20-22,40,42,57,60H,3-5,7,9-11,13,15-17,19,23-39,41,43-56H2,1-2H3/b8-6-,14-12-,20-18-,22-21-,42-40-. The number of allylic oxidation sites excluding steroid dienone is 10. The number of aliphatic hydroxyl groups excluding tert-OH is 1. The van der Waals surface area contributed by atoms with Gasteiger partial charge in [0.1, 0.15) is 6.61 Å². The van der Waals surface area contributed by atoms with E-state index in [1.165, 1.54) is 180 Å². The van der Waals surface area contributed by atoms with Crippen LogP contribution >= 0.6 is 0 Å². The van der Waals surface area contributed by atoms with Crippen LogP contribution in [0.5, 0.6) is 0 Å². The van der Waals surface area contributed by atoms with Gasteiger partial charge in [-0.05, 0) is 77.0 Å². The van der Waals surface area contributed by atoms with Gasteiger partial charge in [0.2, 0.25) is 0 Å². The molecular formula is C59H106O5. The molecule has 0 bridgehead atoms. The number of hydrogen-bond donors (Lipinski definition) is 1. The molecule has 0 saturated heterocycles. The molecule has 0 rings (SSSR count). The maximum Gasteiger partial charge on any atom is 0.306 e. The van der Waals surface area contributed by atoms with Crippen molar-refractivity contribution >= 4 is 11.9 Å². The monoisotopic (exact) mass is 895 g/mol. The van der Waals surface area contributed by atoms with E-state index in [-0.39, 0.29) is 25.2 Å². The van der Waals surface area contributed by atoms with E-state index < -0.39 is 6.10 Å². The van der Waals surface area contributed by atoms with Gasteiger partial charge >= 0.3 is 11.9 Å². The zero-order valence-electron chi connectivity index (χ0n) is 42.5. The van der Waals surface area contributed by atoms with Gasteiger partial charge in [-0.15, -0.1) is 0 Å². The van der Waals surface area contributed by atoms with Crippen LogP contribution in [0.1, 0.15) is 284 Å². The van der Waals surface area contributed by atoms with Crippen molar-refractivity contribution in [1.82, 2.24) is 0 Å². The molecule has 0 amide bonds. The Bertz CT molecular complexity index is 1100. The van der Waals surface area contributed by atoms with Gasteiger partial charge in [0, 0.05) is 12.8 Å². The molecule has 0 saturated carbocycles. The lowest BCUT2D eigenvalue weighted by molar-refractivity contribution is -0.161. The van der Waals surface area contributed by atoms with Gasteiger partial charge in [-0.3, -0.25) is 9.59 Å². The van der Waals surface area contributed by atoms with Crippen LogP contribution in [0, 0.1) is 0 Å². The van der Waals surface area contributed by atoms with E-state index >= 15 is 0 Å². The minimum atomic E-state index is -0.786. The third kappa shape index (κ3) is 52.2. The van der Waals surface area contributed by atoms with Crippen molar-refractivity contribution in [2.24, 2.45) is 0 Å². The molecule has 64 heavy (non-hydrogen) atoms. The predicted octanol–water partition coefficient (Wildman–Crippen LogP) is 18.6. The summed E-state index contributed by atoms with van der Waals surface area (Å²) in [6.07, 6.45) is 73.5. The van der Waals surface area contributed by atoms with Crippen LogP contribution in [0.2, 0.25) is 0 Å². The Morgan fingerprint density at radius 3 is 1.03 bits per heavy atom. The second-order valence-corrected chi connectivity index (χ2v) is 18.6. The highest BCUT2D eigenvalue weighted by Gasteiger charge is 2.16.